The van der Waals surface area contributed by atoms with Crippen LogP contribution in [0, 0.1) is 0 Å². The van der Waals surface area contributed by atoms with Gasteiger partial charge in [-0.15, -0.1) is 0 Å². The summed E-state index contributed by atoms with van der Waals surface area (Å²) in [7, 11) is 0. The van der Waals surface area contributed by atoms with Crippen molar-refractivity contribution < 1.29 is 27.1 Å². The fourth-order valence-corrected chi connectivity index (χ4v) is 4.61. The van der Waals surface area contributed by atoms with Gasteiger partial charge in [-0.05, 0) is 56.5 Å². The first-order valence-electron chi connectivity index (χ1n) is 10.5. The van der Waals surface area contributed by atoms with Crippen LogP contribution in [0.3, 0.4) is 0 Å². The Hall–Kier alpha value is -1.91. The smallest absolute Gasteiger partial charge is 0.416 e. The van der Waals surface area contributed by atoms with E-state index in [1.54, 1.807) is 37.8 Å². The fraction of sp³-hybridized carbons (Fsp3) is 0.478. The summed E-state index contributed by atoms with van der Waals surface area (Å²) in [5.74, 6) is -0.822. The van der Waals surface area contributed by atoms with E-state index in [-0.39, 0.29) is 42.2 Å². The molecule has 0 aliphatic carbocycles. The number of aromatic nitrogens is 1. The maximum atomic E-state index is 13.7. The van der Waals surface area contributed by atoms with Gasteiger partial charge in [0.05, 0.1) is 5.56 Å². The molecule has 0 radical (unpaired) electrons. The molecule has 1 fully saturated rings. The summed E-state index contributed by atoms with van der Waals surface area (Å²) in [6, 6.07) is 3.68. The predicted molar refractivity (Wildman–Crippen MR) is 124 cm³/mol. The number of esters is 1. The molecule has 1 aromatic carbocycles. The molecule has 1 atom stereocenters. The maximum absolute atomic E-state index is 13.7. The average molecular weight is 568 g/mol. The van der Waals surface area contributed by atoms with Gasteiger partial charge in [0.25, 0.3) is 5.56 Å². The number of hydrogen-bond acceptors (Lipinski definition) is 4. The fourth-order valence-electron chi connectivity index (χ4n) is 3.73. The SMILES string of the molecule is CC(C)(C)OC(=O)C(c1cc(Cl)cc(Br)c1)n1cc(CCN2CC(F)C2)c(C(F)(F)F)cc1=O. The Kier molecular flexibility index (Phi) is 7.84. The van der Waals surface area contributed by atoms with Crippen LogP contribution in [0.2, 0.25) is 5.02 Å². The molecule has 0 N–H and O–H groups in total. The van der Waals surface area contributed by atoms with Gasteiger partial charge in [0, 0.05) is 41.4 Å². The molecule has 0 amide bonds. The molecule has 1 saturated heterocycles. The minimum absolute atomic E-state index is 0.0812. The van der Waals surface area contributed by atoms with Crippen molar-refractivity contribution in [2.24, 2.45) is 0 Å². The molecule has 1 unspecified atom stereocenters. The molecular weight excluding hydrogens is 544 g/mol. The van der Waals surface area contributed by atoms with Crippen molar-refractivity contribution in [3.63, 3.8) is 0 Å². The average Bonchev–Trinajstić information content (AvgIpc) is 2.63. The van der Waals surface area contributed by atoms with Crippen molar-refractivity contribution in [2.75, 3.05) is 19.6 Å². The number of halogens is 6. The molecule has 11 heteroatoms. The molecular formula is C23H24BrClF4N2O3. The number of likely N-dealkylation sites (tertiary alicyclic amines) is 1. The van der Waals surface area contributed by atoms with Crippen molar-refractivity contribution >= 4 is 33.5 Å². The van der Waals surface area contributed by atoms with Gasteiger partial charge in [0.2, 0.25) is 0 Å². The number of ether oxygens (including phenoxy) is 1. The summed E-state index contributed by atoms with van der Waals surface area (Å²) in [6.45, 7) is 5.41. The van der Waals surface area contributed by atoms with Gasteiger partial charge in [0.1, 0.15) is 11.8 Å². The van der Waals surface area contributed by atoms with Crippen molar-refractivity contribution in [1.82, 2.24) is 9.47 Å². The molecule has 2 aromatic rings. The number of carbonyl (C=O) groups excluding carboxylic acids is 1. The van der Waals surface area contributed by atoms with E-state index in [1.807, 2.05) is 0 Å². The van der Waals surface area contributed by atoms with E-state index in [1.165, 1.54) is 6.07 Å². The van der Waals surface area contributed by atoms with E-state index in [0.29, 0.717) is 10.5 Å². The zero-order valence-corrected chi connectivity index (χ0v) is 21.1. The van der Waals surface area contributed by atoms with E-state index < -0.39 is 41.1 Å². The summed E-state index contributed by atoms with van der Waals surface area (Å²) < 4.78 is 61.2. The van der Waals surface area contributed by atoms with Crippen molar-refractivity contribution in [2.45, 2.75) is 51.2 Å². The molecule has 0 spiro atoms. The molecule has 3 rings (SSSR count). The van der Waals surface area contributed by atoms with E-state index >= 15 is 0 Å². The van der Waals surface area contributed by atoms with Gasteiger partial charge in [-0.3, -0.25) is 14.3 Å². The number of nitrogens with zero attached hydrogens (tertiary/aromatic N) is 2. The van der Waals surface area contributed by atoms with E-state index in [2.05, 4.69) is 15.9 Å². The Balaban J connectivity index is 2.12. The van der Waals surface area contributed by atoms with Crippen LogP contribution in [0.1, 0.15) is 43.5 Å². The van der Waals surface area contributed by atoms with Crippen LogP contribution >= 0.6 is 27.5 Å². The number of benzene rings is 1. The highest BCUT2D eigenvalue weighted by molar-refractivity contribution is 9.10. The number of alkyl halides is 4. The van der Waals surface area contributed by atoms with E-state index in [0.717, 1.165) is 10.8 Å². The van der Waals surface area contributed by atoms with Gasteiger partial charge < -0.3 is 4.74 Å². The lowest BCUT2D eigenvalue weighted by atomic mass is 10.0. The van der Waals surface area contributed by atoms with Gasteiger partial charge >= 0.3 is 12.1 Å². The second-order valence-corrected chi connectivity index (χ2v) is 10.6. The van der Waals surface area contributed by atoms with Crippen molar-refractivity contribution in [1.29, 1.82) is 0 Å². The summed E-state index contributed by atoms with van der Waals surface area (Å²) in [6.07, 6.45) is -4.80. The second-order valence-electron chi connectivity index (χ2n) is 9.20. The lowest BCUT2D eigenvalue weighted by molar-refractivity contribution is -0.157. The van der Waals surface area contributed by atoms with Crippen molar-refractivity contribution in [3.8, 4) is 0 Å². The lowest BCUT2D eigenvalue weighted by Crippen LogP contribution is -2.49. The zero-order valence-electron chi connectivity index (χ0n) is 18.8. The van der Waals surface area contributed by atoms with Gasteiger partial charge in [0.15, 0.2) is 6.04 Å². The predicted octanol–water partition coefficient (Wildman–Crippen LogP) is 5.41. The Bertz CT molecular complexity index is 1100. The highest BCUT2D eigenvalue weighted by Crippen LogP contribution is 2.33. The summed E-state index contributed by atoms with van der Waals surface area (Å²) in [4.78, 5) is 27.7. The number of pyridine rings is 1. The van der Waals surface area contributed by atoms with Crippen LogP contribution in [0.25, 0.3) is 0 Å². The quantitative estimate of drug-likeness (QED) is 0.346. The number of hydrogen-bond donors (Lipinski definition) is 0. The van der Waals surface area contributed by atoms with Gasteiger partial charge in [-0.2, -0.15) is 13.2 Å². The third-order valence-electron chi connectivity index (χ3n) is 5.19. The zero-order chi connectivity index (χ0) is 25.4. The Morgan fingerprint density at radius 1 is 1.21 bits per heavy atom. The standard InChI is InChI=1S/C23H24BrClF4N2O3/c1-22(2,3)34-21(33)20(14-6-15(24)8-16(25)7-14)31-10-13(4-5-30-11-17(26)12-30)18(9-19(31)32)23(27,28)29/h6-10,17,20H,4-5,11-12H2,1-3H3. The molecule has 34 heavy (non-hydrogen) atoms. The maximum Gasteiger partial charge on any atom is 0.416 e. The largest absolute Gasteiger partial charge is 0.458 e. The highest BCUT2D eigenvalue weighted by Gasteiger charge is 2.37. The second kappa shape index (κ2) is 9.99. The Labute approximate surface area is 207 Å². The van der Waals surface area contributed by atoms with Gasteiger partial charge in [-0.25, -0.2) is 9.18 Å². The molecule has 0 bridgehead atoms. The number of rotatable bonds is 6. The first-order valence-corrected chi connectivity index (χ1v) is 11.7. The number of carbonyl (C=O) groups is 1. The van der Waals surface area contributed by atoms with E-state index in [9.17, 15) is 27.2 Å². The molecule has 5 nitrogen and oxygen atoms in total. The first kappa shape index (κ1) is 26.7. The van der Waals surface area contributed by atoms with Gasteiger partial charge in [-0.1, -0.05) is 27.5 Å². The van der Waals surface area contributed by atoms with Crippen LogP contribution in [0.5, 0.6) is 0 Å². The summed E-state index contributed by atoms with van der Waals surface area (Å²) >= 11 is 9.43. The third kappa shape index (κ3) is 6.60. The monoisotopic (exact) mass is 566 g/mol. The summed E-state index contributed by atoms with van der Waals surface area (Å²) in [5.41, 5.74) is -2.92. The molecule has 2 heterocycles. The molecule has 186 valence electrons. The topological polar surface area (TPSA) is 51.5 Å². The highest BCUT2D eigenvalue weighted by atomic mass is 79.9. The molecule has 0 saturated carbocycles. The van der Waals surface area contributed by atoms with E-state index in [4.69, 9.17) is 16.3 Å². The molecule has 1 aromatic heterocycles. The van der Waals surface area contributed by atoms with Crippen LogP contribution < -0.4 is 5.56 Å². The minimum Gasteiger partial charge on any atom is -0.458 e. The van der Waals surface area contributed by atoms with Crippen molar-refractivity contribution in [3.05, 3.63) is 67.0 Å². The summed E-state index contributed by atoms with van der Waals surface area (Å²) in [5, 5.41) is 0.261. The van der Waals surface area contributed by atoms with Crippen LogP contribution in [0.15, 0.2) is 39.7 Å². The lowest BCUT2D eigenvalue weighted by Gasteiger charge is -2.34. The molecule has 1 aliphatic heterocycles. The third-order valence-corrected chi connectivity index (χ3v) is 5.86. The van der Waals surface area contributed by atoms with Crippen LogP contribution in [0.4, 0.5) is 17.6 Å². The van der Waals surface area contributed by atoms with Crippen LogP contribution in [-0.4, -0.2) is 46.8 Å². The minimum atomic E-state index is -4.77. The van der Waals surface area contributed by atoms with Crippen LogP contribution in [-0.2, 0) is 22.1 Å². The normalized spacial score (nSPS) is 16.3. The Morgan fingerprint density at radius 3 is 2.38 bits per heavy atom. The first-order chi connectivity index (χ1) is 15.6. The Morgan fingerprint density at radius 2 is 1.85 bits per heavy atom. The molecule has 1 aliphatic rings.